The monoisotopic (exact) mass is 157 g/mol. The van der Waals surface area contributed by atoms with Gasteiger partial charge in [-0.25, -0.2) is 0 Å². The maximum absolute atomic E-state index is 5.14. The van der Waals surface area contributed by atoms with Gasteiger partial charge in [-0.1, -0.05) is 6.92 Å². The number of hydrogen-bond donors (Lipinski definition) is 1. The highest BCUT2D eigenvalue weighted by Crippen LogP contribution is 2.21. The Hall–Kier alpha value is -0.0800. The molecule has 1 rings (SSSR count). The second kappa shape index (κ2) is 4.73. The Bertz CT molecular complexity index is 99.7. The van der Waals surface area contributed by atoms with Crippen LogP contribution in [0.1, 0.15) is 19.8 Å². The van der Waals surface area contributed by atoms with Crippen molar-refractivity contribution in [3.05, 3.63) is 0 Å². The van der Waals surface area contributed by atoms with Crippen LogP contribution >= 0.6 is 0 Å². The Morgan fingerprint density at radius 3 is 2.64 bits per heavy atom. The van der Waals surface area contributed by atoms with Gasteiger partial charge in [0.2, 0.25) is 0 Å². The van der Waals surface area contributed by atoms with E-state index in [2.05, 4.69) is 12.2 Å². The second-order valence-corrected chi connectivity index (χ2v) is 3.52. The summed E-state index contributed by atoms with van der Waals surface area (Å²) in [6.07, 6.45) is 2.65. The predicted octanol–water partition coefficient (Wildman–Crippen LogP) is 1.27. The van der Waals surface area contributed by atoms with E-state index in [0.717, 1.165) is 18.4 Å². The summed E-state index contributed by atoms with van der Waals surface area (Å²) in [7, 11) is 1.79. The summed E-state index contributed by atoms with van der Waals surface area (Å²) in [4.78, 5) is 0. The Kier molecular flexibility index (Phi) is 3.87. The van der Waals surface area contributed by atoms with E-state index >= 15 is 0 Å². The molecule has 0 aromatic heterocycles. The van der Waals surface area contributed by atoms with E-state index in [1.54, 1.807) is 7.11 Å². The summed E-state index contributed by atoms with van der Waals surface area (Å²) >= 11 is 0. The van der Waals surface area contributed by atoms with E-state index in [9.17, 15) is 0 Å². The van der Waals surface area contributed by atoms with Gasteiger partial charge in [-0.05, 0) is 37.8 Å². The van der Waals surface area contributed by atoms with Gasteiger partial charge >= 0.3 is 0 Å². The van der Waals surface area contributed by atoms with Gasteiger partial charge in [0.25, 0.3) is 0 Å². The molecule has 0 aromatic carbocycles. The smallest absolute Gasteiger partial charge is 0.0490 e. The third-order valence-corrected chi connectivity index (χ3v) is 2.62. The quantitative estimate of drug-likeness (QED) is 0.666. The van der Waals surface area contributed by atoms with Crippen LogP contribution in [0.2, 0.25) is 0 Å². The van der Waals surface area contributed by atoms with Gasteiger partial charge in [0.15, 0.2) is 0 Å². The number of piperidine rings is 1. The minimum absolute atomic E-state index is 0.738. The fourth-order valence-corrected chi connectivity index (χ4v) is 1.81. The third kappa shape index (κ3) is 2.80. The van der Waals surface area contributed by atoms with Crippen molar-refractivity contribution in [1.29, 1.82) is 0 Å². The molecule has 2 heteroatoms. The van der Waals surface area contributed by atoms with Crippen molar-refractivity contribution >= 4 is 0 Å². The number of methoxy groups -OCH3 is 1. The Morgan fingerprint density at radius 1 is 1.45 bits per heavy atom. The van der Waals surface area contributed by atoms with Gasteiger partial charge in [0.1, 0.15) is 0 Å². The molecule has 0 aromatic rings. The number of rotatable bonds is 3. The van der Waals surface area contributed by atoms with Crippen LogP contribution in [0.15, 0.2) is 0 Å². The van der Waals surface area contributed by atoms with Gasteiger partial charge in [-0.2, -0.15) is 0 Å². The maximum atomic E-state index is 5.14. The maximum Gasteiger partial charge on any atom is 0.0490 e. The SMILES string of the molecule is COC[C@H](C)C1CCNCC1. The summed E-state index contributed by atoms with van der Waals surface area (Å²) in [5.74, 6) is 1.62. The lowest BCUT2D eigenvalue weighted by Gasteiger charge is -2.27. The lowest BCUT2D eigenvalue weighted by atomic mass is 9.87. The number of hydrogen-bond acceptors (Lipinski definition) is 2. The van der Waals surface area contributed by atoms with Crippen LogP contribution < -0.4 is 5.32 Å². The Labute approximate surface area is 69.3 Å². The van der Waals surface area contributed by atoms with E-state index in [4.69, 9.17) is 4.74 Å². The van der Waals surface area contributed by atoms with E-state index < -0.39 is 0 Å². The molecule has 1 fully saturated rings. The predicted molar refractivity (Wildman–Crippen MR) is 46.6 cm³/mol. The number of nitrogens with one attached hydrogen (secondary N) is 1. The fraction of sp³-hybridized carbons (Fsp3) is 1.00. The van der Waals surface area contributed by atoms with E-state index in [0.29, 0.717) is 0 Å². The van der Waals surface area contributed by atoms with Crippen LogP contribution in [0, 0.1) is 11.8 Å². The fourth-order valence-electron chi connectivity index (χ4n) is 1.81. The van der Waals surface area contributed by atoms with Crippen LogP contribution in [-0.4, -0.2) is 26.8 Å². The zero-order chi connectivity index (χ0) is 8.10. The summed E-state index contributed by atoms with van der Waals surface area (Å²) < 4.78 is 5.14. The Morgan fingerprint density at radius 2 is 2.09 bits per heavy atom. The summed E-state index contributed by atoms with van der Waals surface area (Å²) in [6, 6.07) is 0. The van der Waals surface area contributed by atoms with Gasteiger partial charge in [-0.15, -0.1) is 0 Å². The van der Waals surface area contributed by atoms with Gasteiger partial charge in [0.05, 0.1) is 0 Å². The molecule has 0 aliphatic carbocycles. The lowest BCUT2D eigenvalue weighted by Crippen LogP contribution is -2.32. The summed E-state index contributed by atoms with van der Waals surface area (Å²) in [5.41, 5.74) is 0. The molecule has 66 valence electrons. The van der Waals surface area contributed by atoms with E-state index in [-0.39, 0.29) is 0 Å². The van der Waals surface area contributed by atoms with Crippen molar-refractivity contribution in [1.82, 2.24) is 5.32 Å². The number of ether oxygens (including phenoxy) is 1. The van der Waals surface area contributed by atoms with Crippen molar-refractivity contribution in [2.75, 3.05) is 26.8 Å². The highest BCUT2D eigenvalue weighted by molar-refractivity contribution is 4.72. The molecule has 0 radical (unpaired) electrons. The van der Waals surface area contributed by atoms with Crippen LogP contribution in [-0.2, 0) is 4.74 Å². The Balaban J connectivity index is 2.21. The molecule has 11 heavy (non-hydrogen) atoms. The molecule has 0 unspecified atom stereocenters. The standard InChI is InChI=1S/C9H19NO/c1-8(7-11-2)9-3-5-10-6-4-9/h8-10H,3-7H2,1-2H3/t8-/m0/s1. The normalized spacial score (nSPS) is 23.5. The van der Waals surface area contributed by atoms with Gasteiger partial charge in [-0.3, -0.25) is 0 Å². The van der Waals surface area contributed by atoms with Gasteiger partial charge < -0.3 is 10.1 Å². The van der Waals surface area contributed by atoms with Crippen molar-refractivity contribution in [2.45, 2.75) is 19.8 Å². The van der Waals surface area contributed by atoms with Crippen LogP contribution in [0.5, 0.6) is 0 Å². The molecule has 0 spiro atoms. The molecule has 2 nitrogen and oxygen atoms in total. The average Bonchev–Trinajstić information content (AvgIpc) is 2.07. The highest BCUT2D eigenvalue weighted by Gasteiger charge is 2.18. The molecule has 0 amide bonds. The molecular formula is C9H19NO. The molecule has 0 saturated carbocycles. The van der Waals surface area contributed by atoms with Crippen LogP contribution in [0.3, 0.4) is 0 Å². The lowest BCUT2D eigenvalue weighted by molar-refractivity contribution is 0.117. The van der Waals surface area contributed by atoms with Crippen molar-refractivity contribution < 1.29 is 4.74 Å². The van der Waals surface area contributed by atoms with Crippen molar-refractivity contribution in [3.63, 3.8) is 0 Å². The molecule has 1 aliphatic rings. The second-order valence-electron chi connectivity index (χ2n) is 3.52. The zero-order valence-electron chi connectivity index (χ0n) is 7.60. The molecule has 1 atom stereocenters. The largest absolute Gasteiger partial charge is 0.384 e. The minimum Gasteiger partial charge on any atom is -0.384 e. The summed E-state index contributed by atoms with van der Waals surface area (Å²) in [5, 5.41) is 3.37. The molecular weight excluding hydrogens is 138 g/mol. The average molecular weight is 157 g/mol. The highest BCUT2D eigenvalue weighted by atomic mass is 16.5. The molecule has 1 saturated heterocycles. The molecule has 1 aliphatic heterocycles. The zero-order valence-corrected chi connectivity index (χ0v) is 7.60. The van der Waals surface area contributed by atoms with E-state index in [1.165, 1.54) is 25.9 Å². The molecule has 0 bridgehead atoms. The third-order valence-electron chi connectivity index (χ3n) is 2.62. The first-order chi connectivity index (χ1) is 5.34. The van der Waals surface area contributed by atoms with Crippen LogP contribution in [0.25, 0.3) is 0 Å². The van der Waals surface area contributed by atoms with E-state index in [1.807, 2.05) is 0 Å². The first kappa shape index (κ1) is 9.01. The minimum atomic E-state index is 0.738. The van der Waals surface area contributed by atoms with Crippen molar-refractivity contribution in [2.24, 2.45) is 11.8 Å². The van der Waals surface area contributed by atoms with Gasteiger partial charge in [0, 0.05) is 13.7 Å². The topological polar surface area (TPSA) is 21.3 Å². The van der Waals surface area contributed by atoms with Crippen LogP contribution in [0.4, 0.5) is 0 Å². The molecule has 1 heterocycles. The summed E-state index contributed by atoms with van der Waals surface area (Å²) in [6.45, 7) is 5.60. The first-order valence-electron chi connectivity index (χ1n) is 4.54. The molecule has 1 N–H and O–H groups in total. The first-order valence-corrected chi connectivity index (χ1v) is 4.54. The van der Waals surface area contributed by atoms with Crippen molar-refractivity contribution in [3.8, 4) is 0 Å².